The molecule has 1 N–H and O–H groups in total. The summed E-state index contributed by atoms with van der Waals surface area (Å²) in [6.07, 6.45) is 0. The smallest absolute Gasteiger partial charge is 0.0302 e. The number of hydrogen-bond acceptors (Lipinski definition) is 3. The van der Waals surface area contributed by atoms with E-state index in [1.807, 2.05) is 23.1 Å². The molecule has 13 heavy (non-hydrogen) atoms. The van der Waals surface area contributed by atoms with E-state index in [1.54, 1.807) is 0 Å². The lowest BCUT2D eigenvalue weighted by Crippen LogP contribution is -2.27. The molecule has 0 amide bonds. The molecule has 1 nitrogen and oxygen atoms in total. The van der Waals surface area contributed by atoms with E-state index in [2.05, 4.69) is 36.7 Å². The number of rotatable bonds is 6. The molecule has 0 radical (unpaired) electrons. The molecule has 0 saturated heterocycles. The van der Waals surface area contributed by atoms with Gasteiger partial charge < -0.3 is 5.32 Å². The topological polar surface area (TPSA) is 12.0 Å². The maximum absolute atomic E-state index is 3.51. The summed E-state index contributed by atoms with van der Waals surface area (Å²) >= 11 is 3.81. The molecular weight excluding hydrogens is 198 g/mol. The van der Waals surface area contributed by atoms with Crippen LogP contribution in [0.3, 0.4) is 0 Å². The van der Waals surface area contributed by atoms with Crippen molar-refractivity contribution in [1.82, 2.24) is 5.32 Å². The van der Waals surface area contributed by atoms with Crippen LogP contribution in [-0.2, 0) is 6.54 Å². The fourth-order valence-electron chi connectivity index (χ4n) is 1.04. The molecule has 0 spiro atoms. The van der Waals surface area contributed by atoms with Crippen LogP contribution in [0.1, 0.15) is 18.7 Å². The van der Waals surface area contributed by atoms with Gasteiger partial charge in [0, 0.05) is 23.2 Å². The van der Waals surface area contributed by atoms with Crippen LogP contribution >= 0.6 is 23.1 Å². The third-order valence-electron chi connectivity index (χ3n) is 1.78. The van der Waals surface area contributed by atoms with Crippen molar-refractivity contribution in [1.29, 1.82) is 0 Å². The highest BCUT2D eigenvalue weighted by molar-refractivity contribution is 7.99. The minimum Gasteiger partial charge on any atom is -0.309 e. The van der Waals surface area contributed by atoms with E-state index in [0.29, 0.717) is 6.04 Å². The Bertz CT molecular complexity index is 209. The molecular formula is C10H17NS2. The number of nitrogens with one attached hydrogen (secondary N) is 1. The van der Waals surface area contributed by atoms with Crippen molar-refractivity contribution in [3.05, 3.63) is 22.4 Å². The Morgan fingerprint density at radius 1 is 1.62 bits per heavy atom. The minimum absolute atomic E-state index is 0.618. The zero-order chi connectivity index (χ0) is 9.52. The first-order valence-electron chi connectivity index (χ1n) is 4.66. The molecule has 0 aliphatic carbocycles. The molecule has 74 valence electrons. The summed E-state index contributed by atoms with van der Waals surface area (Å²) in [4.78, 5) is 1.42. The van der Waals surface area contributed by atoms with Gasteiger partial charge in [0.15, 0.2) is 0 Å². The lowest BCUT2D eigenvalue weighted by Gasteiger charge is -2.11. The van der Waals surface area contributed by atoms with Gasteiger partial charge in [0.05, 0.1) is 0 Å². The van der Waals surface area contributed by atoms with Crippen LogP contribution in [0.15, 0.2) is 17.5 Å². The summed E-state index contributed by atoms with van der Waals surface area (Å²) < 4.78 is 0. The molecule has 1 unspecified atom stereocenters. The quantitative estimate of drug-likeness (QED) is 0.783. The molecule has 1 heterocycles. The van der Waals surface area contributed by atoms with Gasteiger partial charge in [-0.25, -0.2) is 0 Å². The van der Waals surface area contributed by atoms with Crippen molar-refractivity contribution in [2.45, 2.75) is 26.4 Å². The highest BCUT2D eigenvalue weighted by Crippen LogP contribution is 2.08. The fourth-order valence-corrected chi connectivity index (χ4v) is 2.40. The molecule has 1 atom stereocenters. The third kappa shape index (κ3) is 4.69. The van der Waals surface area contributed by atoms with Crippen LogP contribution in [0, 0.1) is 0 Å². The highest BCUT2D eigenvalue weighted by atomic mass is 32.2. The standard InChI is InChI=1S/C10H17NS2/c1-3-12-8-9(2)11-7-10-5-4-6-13-10/h4-6,9,11H,3,7-8H2,1-2H3. The Morgan fingerprint density at radius 2 is 2.46 bits per heavy atom. The summed E-state index contributed by atoms with van der Waals surface area (Å²) in [6, 6.07) is 4.90. The number of hydrogen-bond donors (Lipinski definition) is 1. The lowest BCUT2D eigenvalue weighted by molar-refractivity contribution is 0.600. The van der Waals surface area contributed by atoms with Crippen molar-refractivity contribution in [2.75, 3.05) is 11.5 Å². The van der Waals surface area contributed by atoms with Crippen LogP contribution < -0.4 is 5.32 Å². The molecule has 0 aliphatic rings. The van der Waals surface area contributed by atoms with Gasteiger partial charge in [-0.2, -0.15) is 11.8 Å². The summed E-state index contributed by atoms with van der Waals surface area (Å²) in [5, 5.41) is 5.64. The monoisotopic (exact) mass is 215 g/mol. The van der Waals surface area contributed by atoms with Crippen molar-refractivity contribution in [3.63, 3.8) is 0 Å². The van der Waals surface area contributed by atoms with Gasteiger partial charge in [0.25, 0.3) is 0 Å². The first-order valence-corrected chi connectivity index (χ1v) is 6.70. The first kappa shape index (κ1) is 11.1. The van der Waals surface area contributed by atoms with Crippen molar-refractivity contribution < 1.29 is 0 Å². The van der Waals surface area contributed by atoms with E-state index < -0.39 is 0 Å². The molecule has 0 bridgehead atoms. The SMILES string of the molecule is CCSCC(C)NCc1cccs1. The van der Waals surface area contributed by atoms with Crippen LogP contribution in [0.25, 0.3) is 0 Å². The van der Waals surface area contributed by atoms with Gasteiger partial charge in [-0.15, -0.1) is 11.3 Å². The fraction of sp³-hybridized carbons (Fsp3) is 0.600. The molecule has 0 aromatic carbocycles. The summed E-state index contributed by atoms with van der Waals surface area (Å²) in [5.74, 6) is 2.42. The second kappa shape index (κ2) is 6.46. The molecule has 1 rings (SSSR count). The zero-order valence-corrected chi connectivity index (χ0v) is 9.88. The Hall–Kier alpha value is 0.01000. The second-order valence-electron chi connectivity index (χ2n) is 3.02. The highest BCUT2D eigenvalue weighted by Gasteiger charge is 2.00. The van der Waals surface area contributed by atoms with Gasteiger partial charge in [-0.05, 0) is 24.1 Å². The Morgan fingerprint density at radius 3 is 3.08 bits per heavy atom. The predicted octanol–water partition coefficient (Wildman–Crippen LogP) is 2.98. The van der Waals surface area contributed by atoms with Crippen LogP contribution in [0.5, 0.6) is 0 Å². The zero-order valence-electron chi connectivity index (χ0n) is 8.25. The lowest BCUT2D eigenvalue weighted by atomic mass is 10.3. The maximum atomic E-state index is 3.51. The molecule has 3 heteroatoms. The van der Waals surface area contributed by atoms with Gasteiger partial charge in [-0.3, -0.25) is 0 Å². The van der Waals surface area contributed by atoms with Crippen molar-refractivity contribution >= 4 is 23.1 Å². The van der Waals surface area contributed by atoms with E-state index in [4.69, 9.17) is 0 Å². The summed E-state index contributed by atoms with van der Waals surface area (Å²) in [6.45, 7) is 5.47. The Kier molecular flexibility index (Phi) is 5.51. The molecule has 0 saturated carbocycles. The summed E-state index contributed by atoms with van der Waals surface area (Å²) in [5.41, 5.74) is 0. The maximum Gasteiger partial charge on any atom is 0.0302 e. The van der Waals surface area contributed by atoms with Gasteiger partial charge in [0.1, 0.15) is 0 Å². The summed E-state index contributed by atoms with van der Waals surface area (Å²) in [7, 11) is 0. The van der Waals surface area contributed by atoms with E-state index in [1.165, 1.54) is 16.4 Å². The second-order valence-corrected chi connectivity index (χ2v) is 5.37. The Labute approximate surface area is 88.9 Å². The average molecular weight is 215 g/mol. The van der Waals surface area contributed by atoms with Crippen LogP contribution in [0.2, 0.25) is 0 Å². The van der Waals surface area contributed by atoms with Crippen molar-refractivity contribution in [2.24, 2.45) is 0 Å². The van der Waals surface area contributed by atoms with Gasteiger partial charge >= 0.3 is 0 Å². The van der Waals surface area contributed by atoms with E-state index in [0.717, 1.165) is 6.54 Å². The van der Waals surface area contributed by atoms with Crippen LogP contribution in [-0.4, -0.2) is 17.5 Å². The average Bonchev–Trinajstić information content (AvgIpc) is 2.64. The van der Waals surface area contributed by atoms with Crippen LogP contribution in [0.4, 0.5) is 0 Å². The molecule has 1 aromatic rings. The minimum atomic E-state index is 0.618. The largest absolute Gasteiger partial charge is 0.309 e. The van der Waals surface area contributed by atoms with Gasteiger partial charge in [0.2, 0.25) is 0 Å². The van der Waals surface area contributed by atoms with Crippen molar-refractivity contribution in [3.8, 4) is 0 Å². The molecule has 0 fully saturated rings. The number of thioether (sulfide) groups is 1. The number of thiophene rings is 1. The van der Waals surface area contributed by atoms with E-state index >= 15 is 0 Å². The normalized spacial score (nSPS) is 13.1. The Balaban J connectivity index is 2.11. The van der Waals surface area contributed by atoms with E-state index in [9.17, 15) is 0 Å². The molecule has 1 aromatic heterocycles. The molecule has 0 aliphatic heterocycles. The predicted molar refractivity (Wildman–Crippen MR) is 63.6 cm³/mol. The van der Waals surface area contributed by atoms with Gasteiger partial charge in [-0.1, -0.05) is 13.0 Å². The third-order valence-corrected chi connectivity index (χ3v) is 3.80. The van der Waals surface area contributed by atoms with E-state index in [-0.39, 0.29) is 0 Å². The first-order chi connectivity index (χ1) is 6.33.